The molecule has 4 heterocycles. The van der Waals surface area contributed by atoms with Gasteiger partial charge in [-0.2, -0.15) is 5.10 Å². The molecule has 0 spiro atoms. The van der Waals surface area contributed by atoms with Crippen LogP contribution in [-0.4, -0.2) is 67.2 Å². The number of halogens is 2. The molecule has 31 heavy (non-hydrogen) atoms. The summed E-state index contributed by atoms with van der Waals surface area (Å²) in [7, 11) is 0. The van der Waals surface area contributed by atoms with Crippen molar-refractivity contribution >= 4 is 11.3 Å². The van der Waals surface area contributed by atoms with Gasteiger partial charge in [-0.1, -0.05) is 0 Å². The van der Waals surface area contributed by atoms with Crippen LogP contribution in [-0.2, 0) is 0 Å². The molecule has 3 aromatic heterocycles. The number of likely N-dealkylation sites (tertiary alicyclic amines) is 1. The number of alkyl halides is 2. The minimum absolute atomic E-state index is 0.0876. The number of rotatable bonds is 6. The fourth-order valence-electron chi connectivity index (χ4n) is 3.76. The molecule has 0 saturated carbocycles. The fourth-order valence-corrected chi connectivity index (χ4v) is 3.76. The topological polar surface area (TPSA) is 80.5 Å². The number of hydrogen-bond donors (Lipinski definition) is 1. The molecule has 4 rings (SSSR count). The van der Waals surface area contributed by atoms with Crippen LogP contribution in [0.25, 0.3) is 16.8 Å². The average molecular weight is 431 g/mol. The smallest absolute Gasteiger partial charge is 0.272 e. The molecule has 1 aliphatic rings. The first-order valence-corrected chi connectivity index (χ1v) is 10.4. The lowest BCUT2D eigenvalue weighted by atomic mass is 9.98. The Morgan fingerprint density at radius 2 is 2.06 bits per heavy atom. The van der Waals surface area contributed by atoms with Crippen LogP contribution in [0.1, 0.15) is 33.6 Å². The number of nitrogens with zero attached hydrogens (tertiary/aromatic N) is 6. The van der Waals surface area contributed by atoms with Crippen molar-refractivity contribution < 1.29 is 13.5 Å². The summed E-state index contributed by atoms with van der Waals surface area (Å²) in [6, 6.07) is 0.303. The third-order valence-corrected chi connectivity index (χ3v) is 5.37. The molecular weight excluding hydrogens is 404 g/mol. The number of hydrogen-bond acceptors (Lipinski definition) is 7. The zero-order valence-electron chi connectivity index (χ0n) is 17.9. The number of nitrogens with one attached hydrogen (secondary N) is 1. The molecule has 1 fully saturated rings. The van der Waals surface area contributed by atoms with Crippen LogP contribution < -0.4 is 10.1 Å². The first-order valence-electron chi connectivity index (χ1n) is 10.4. The van der Waals surface area contributed by atoms with Gasteiger partial charge in [0, 0.05) is 23.7 Å². The second kappa shape index (κ2) is 8.70. The van der Waals surface area contributed by atoms with Crippen molar-refractivity contribution in [1.82, 2.24) is 29.5 Å². The highest BCUT2D eigenvalue weighted by molar-refractivity contribution is 5.77. The molecule has 0 amide bonds. The Bertz CT molecular complexity index is 1030. The highest BCUT2D eigenvalue weighted by atomic mass is 19.3. The molecule has 166 valence electrons. The molecule has 1 atom stereocenters. The first-order chi connectivity index (χ1) is 14.8. The van der Waals surface area contributed by atoms with Crippen LogP contribution in [0.15, 0.2) is 31.0 Å². The van der Waals surface area contributed by atoms with Gasteiger partial charge >= 0.3 is 0 Å². The quantitative estimate of drug-likeness (QED) is 0.640. The van der Waals surface area contributed by atoms with Crippen LogP contribution in [0.5, 0.6) is 5.88 Å². The van der Waals surface area contributed by atoms with Crippen LogP contribution >= 0.6 is 0 Å². The lowest BCUT2D eigenvalue weighted by Gasteiger charge is -2.41. The van der Waals surface area contributed by atoms with E-state index in [0.717, 1.165) is 31.5 Å². The van der Waals surface area contributed by atoms with Crippen molar-refractivity contribution in [1.29, 1.82) is 0 Å². The van der Waals surface area contributed by atoms with Gasteiger partial charge in [0.25, 0.3) is 6.43 Å². The van der Waals surface area contributed by atoms with Gasteiger partial charge in [0.15, 0.2) is 6.61 Å². The fraction of sp³-hybridized carbons (Fsp3) is 0.524. The van der Waals surface area contributed by atoms with Gasteiger partial charge in [-0.25, -0.2) is 23.3 Å². The summed E-state index contributed by atoms with van der Waals surface area (Å²) in [5, 5.41) is 7.80. The van der Waals surface area contributed by atoms with E-state index >= 15 is 0 Å². The maximum atomic E-state index is 12.3. The predicted molar refractivity (Wildman–Crippen MR) is 113 cm³/mol. The molecule has 10 heteroatoms. The minimum atomic E-state index is -2.56. The van der Waals surface area contributed by atoms with E-state index in [9.17, 15) is 8.78 Å². The maximum absolute atomic E-state index is 12.3. The molecule has 0 bridgehead atoms. The molecule has 1 aliphatic heterocycles. The molecular formula is C21H27F2N7O. The lowest BCUT2D eigenvalue weighted by Crippen LogP contribution is -2.50. The monoisotopic (exact) mass is 431 g/mol. The van der Waals surface area contributed by atoms with Gasteiger partial charge in [0.05, 0.1) is 42.2 Å². The molecule has 0 aliphatic carbocycles. The summed E-state index contributed by atoms with van der Waals surface area (Å²) in [5.41, 5.74) is 2.23. The summed E-state index contributed by atoms with van der Waals surface area (Å²) in [6.07, 6.45) is 7.72. The van der Waals surface area contributed by atoms with Gasteiger partial charge < -0.3 is 10.1 Å². The highest BCUT2D eigenvalue weighted by Crippen LogP contribution is 2.25. The van der Waals surface area contributed by atoms with E-state index in [1.807, 2.05) is 0 Å². The zero-order valence-corrected chi connectivity index (χ0v) is 17.9. The highest BCUT2D eigenvalue weighted by Gasteiger charge is 2.28. The van der Waals surface area contributed by atoms with Crippen LogP contribution in [0.4, 0.5) is 14.6 Å². The summed E-state index contributed by atoms with van der Waals surface area (Å²) in [5.74, 6) is 0.798. The van der Waals surface area contributed by atoms with Crippen LogP contribution in [0, 0.1) is 0 Å². The number of fused-ring (bicyclic) bond motifs is 1. The molecule has 3 aromatic rings. The van der Waals surface area contributed by atoms with E-state index in [1.165, 1.54) is 16.9 Å². The van der Waals surface area contributed by atoms with Gasteiger partial charge in [0.1, 0.15) is 5.82 Å². The van der Waals surface area contributed by atoms with E-state index in [-0.39, 0.29) is 11.4 Å². The Morgan fingerprint density at radius 3 is 2.84 bits per heavy atom. The van der Waals surface area contributed by atoms with Crippen molar-refractivity contribution in [3.8, 4) is 17.1 Å². The number of aromatic nitrogens is 5. The molecule has 0 aromatic carbocycles. The van der Waals surface area contributed by atoms with Gasteiger partial charge in [-0.15, -0.1) is 0 Å². The summed E-state index contributed by atoms with van der Waals surface area (Å²) in [6.45, 7) is 8.06. The van der Waals surface area contributed by atoms with E-state index in [4.69, 9.17) is 9.72 Å². The third-order valence-electron chi connectivity index (χ3n) is 5.37. The molecule has 8 nitrogen and oxygen atoms in total. The minimum Gasteiger partial charge on any atom is -0.470 e. The van der Waals surface area contributed by atoms with Crippen molar-refractivity contribution in [2.24, 2.45) is 0 Å². The van der Waals surface area contributed by atoms with E-state index in [2.05, 4.69) is 46.1 Å². The van der Waals surface area contributed by atoms with Crippen LogP contribution in [0.3, 0.4) is 0 Å². The normalized spacial score (nSPS) is 17.9. The van der Waals surface area contributed by atoms with Gasteiger partial charge in [0.2, 0.25) is 5.88 Å². The lowest BCUT2D eigenvalue weighted by molar-refractivity contribution is 0.0793. The number of ether oxygens (including phenoxy) is 1. The van der Waals surface area contributed by atoms with E-state index in [0.29, 0.717) is 23.1 Å². The van der Waals surface area contributed by atoms with E-state index < -0.39 is 13.0 Å². The van der Waals surface area contributed by atoms with E-state index in [1.54, 1.807) is 18.6 Å². The Kier molecular flexibility index (Phi) is 5.99. The van der Waals surface area contributed by atoms with Crippen molar-refractivity contribution in [2.45, 2.75) is 51.6 Å². The molecule has 1 saturated heterocycles. The van der Waals surface area contributed by atoms with Gasteiger partial charge in [-0.3, -0.25) is 9.88 Å². The van der Waals surface area contributed by atoms with Crippen molar-refractivity contribution in [3.05, 3.63) is 31.0 Å². The maximum Gasteiger partial charge on any atom is 0.272 e. The second-order valence-corrected chi connectivity index (χ2v) is 8.71. The standard InChI is InChI=1S/C21H27F2N7O/c1-21(2,3)29-6-4-5-14(11-29)27-19-10-24-8-16(28-19)15-7-26-30-12-20(25-9-17(15)30)31-13-18(22)23/h7-10,12,14,18H,4-6,11,13H2,1-3H3,(H,27,28)/t14-/m1/s1. The molecule has 0 radical (unpaired) electrons. The average Bonchev–Trinajstić information content (AvgIpc) is 3.15. The Labute approximate surface area is 179 Å². The summed E-state index contributed by atoms with van der Waals surface area (Å²) < 4.78 is 31.2. The molecule has 1 N–H and O–H groups in total. The first kappa shape index (κ1) is 21.4. The van der Waals surface area contributed by atoms with Crippen LogP contribution in [0.2, 0.25) is 0 Å². The largest absolute Gasteiger partial charge is 0.470 e. The zero-order chi connectivity index (χ0) is 22.0. The molecule has 0 unspecified atom stereocenters. The number of anilines is 1. The number of piperidine rings is 1. The second-order valence-electron chi connectivity index (χ2n) is 8.71. The summed E-state index contributed by atoms with van der Waals surface area (Å²) in [4.78, 5) is 15.6. The van der Waals surface area contributed by atoms with Gasteiger partial charge in [-0.05, 0) is 40.2 Å². The Morgan fingerprint density at radius 1 is 1.23 bits per heavy atom. The SMILES string of the molecule is CC(C)(C)N1CCC[C@@H](Nc2cncc(-c3cnn4cc(OCC(F)F)ncc34)n2)C1. The Balaban J connectivity index is 1.51. The third kappa shape index (κ3) is 5.07. The van der Waals surface area contributed by atoms with Crippen molar-refractivity contribution in [2.75, 3.05) is 25.0 Å². The summed E-state index contributed by atoms with van der Waals surface area (Å²) >= 11 is 0. The van der Waals surface area contributed by atoms with Crippen molar-refractivity contribution in [3.63, 3.8) is 0 Å². The predicted octanol–water partition coefficient (Wildman–Crippen LogP) is 3.51. The Hall–Kier alpha value is -2.88.